The number of amides is 1. The van der Waals surface area contributed by atoms with Crippen LogP contribution in [0.25, 0.3) is 0 Å². The quantitative estimate of drug-likeness (QED) is 0.836. The van der Waals surface area contributed by atoms with E-state index in [2.05, 4.69) is 5.18 Å². The predicted molar refractivity (Wildman–Crippen MR) is 72.3 cm³/mol. The van der Waals surface area contributed by atoms with Crippen molar-refractivity contribution in [3.8, 4) is 0 Å². The highest BCUT2D eigenvalue weighted by Crippen LogP contribution is 2.20. The van der Waals surface area contributed by atoms with Gasteiger partial charge in [-0.3, -0.25) is 4.79 Å². The fourth-order valence-electron chi connectivity index (χ4n) is 1.79. The summed E-state index contributed by atoms with van der Waals surface area (Å²) >= 11 is 0. The molecule has 0 bridgehead atoms. The highest BCUT2D eigenvalue weighted by molar-refractivity contribution is 5.95. The summed E-state index contributed by atoms with van der Waals surface area (Å²) < 4.78 is 0. The third kappa shape index (κ3) is 3.16. The molecule has 1 aromatic carbocycles. The van der Waals surface area contributed by atoms with E-state index in [4.69, 9.17) is 5.73 Å². The van der Waals surface area contributed by atoms with Crippen molar-refractivity contribution in [1.29, 1.82) is 0 Å². The Balaban J connectivity index is 2.27. The number of benzene rings is 1. The van der Waals surface area contributed by atoms with E-state index in [0.29, 0.717) is 17.8 Å². The van der Waals surface area contributed by atoms with Crippen LogP contribution in [0.3, 0.4) is 0 Å². The zero-order valence-electron chi connectivity index (χ0n) is 10.2. The monoisotopic (exact) mass is 255 g/mol. The van der Waals surface area contributed by atoms with Gasteiger partial charge in [-0.25, -0.2) is 0 Å². The molecule has 0 saturated heterocycles. The molecule has 96 valence electrons. The Kier molecular flexibility index (Phi) is 3.87. The Bertz CT molecular complexity index is 574. The van der Waals surface area contributed by atoms with Crippen molar-refractivity contribution in [2.75, 3.05) is 0 Å². The van der Waals surface area contributed by atoms with Crippen molar-refractivity contribution < 1.29 is 4.79 Å². The average Bonchev–Trinajstić information content (AvgIpc) is 2.42. The lowest BCUT2D eigenvalue weighted by Crippen LogP contribution is -2.23. The van der Waals surface area contributed by atoms with Gasteiger partial charge in [0.1, 0.15) is 0 Å². The molecule has 1 amide bonds. The second kappa shape index (κ2) is 5.77. The molecule has 2 N–H and O–H groups in total. The first kappa shape index (κ1) is 12.8. The number of nitrogens with zero attached hydrogens (tertiary/aromatic N) is 2. The predicted octanol–water partition coefficient (Wildman–Crippen LogP) is 2.04. The molecule has 5 heteroatoms. The third-order valence-corrected chi connectivity index (χ3v) is 2.73. The standard InChI is InChI=1S/C14H13N3O2/c15-14(18)12-6-7-13(8-16-19)17(10-12)9-11-4-2-1-3-5-11/h1-8,10H,9H2,(H2,15,18)/b13-8-. The number of hydrogen-bond acceptors (Lipinski definition) is 4. The van der Waals surface area contributed by atoms with Crippen molar-refractivity contribution in [1.82, 2.24) is 4.90 Å². The third-order valence-electron chi connectivity index (χ3n) is 2.73. The molecule has 5 nitrogen and oxygen atoms in total. The lowest BCUT2D eigenvalue weighted by Gasteiger charge is -2.24. The van der Waals surface area contributed by atoms with Gasteiger partial charge in [0.2, 0.25) is 5.91 Å². The average molecular weight is 255 g/mol. The first-order valence-electron chi connectivity index (χ1n) is 5.73. The summed E-state index contributed by atoms with van der Waals surface area (Å²) in [4.78, 5) is 23.3. The number of rotatable bonds is 4. The van der Waals surface area contributed by atoms with Crippen LogP contribution < -0.4 is 5.73 Å². The molecule has 2 rings (SSSR count). The van der Waals surface area contributed by atoms with Gasteiger partial charge in [0.05, 0.1) is 17.5 Å². The van der Waals surface area contributed by atoms with Crippen LogP contribution in [-0.4, -0.2) is 10.8 Å². The molecule has 19 heavy (non-hydrogen) atoms. The van der Waals surface area contributed by atoms with Crippen molar-refractivity contribution in [2.24, 2.45) is 10.9 Å². The van der Waals surface area contributed by atoms with Crippen molar-refractivity contribution in [3.63, 3.8) is 0 Å². The maximum Gasteiger partial charge on any atom is 0.250 e. The lowest BCUT2D eigenvalue weighted by atomic mass is 10.1. The molecule has 0 spiro atoms. The van der Waals surface area contributed by atoms with Gasteiger partial charge in [0.15, 0.2) is 0 Å². The molecule has 0 aliphatic carbocycles. The molecule has 0 fully saturated rings. The van der Waals surface area contributed by atoms with E-state index < -0.39 is 5.91 Å². The fraction of sp³-hybridized carbons (Fsp3) is 0.0714. The van der Waals surface area contributed by atoms with Gasteiger partial charge in [-0.2, -0.15) is 0 Å². The minimum atomic E-state index is -0.507. The number of nitroso groups, excluding NO2 is 1. The van der Waals surface area contributed by atoms with Gasteiger partial charge in [-0.05, 0) is 22.9 Å². The van der Waals surface area contributed by atoms with E-state index >= 15 is 0 Å². The molecular formula is C14H13N3O2. The summed E-state index contributed by atoms with van der Waals surface area (Å²) in [6, 6.07) is 9.70. The summed E-state index contributed by atoms with van der Waals surface area (Å²) in [6.45, 7) is 0.531. The van der Waals surface area contributed by atoms with Crippen molar-refractivity contribution >= 4 is 5.91 Å². The lowest BCUT2D eigenvalue weighted by molar-refractivity contribution is -0.114. The Hall–Kier alpha value is -2.69. The van der Waals surface area contributed by atoms with Gasteiger partial charge >= 0.3 is 0 Å². The summed E-state index contributed by atoms with van der Waals surface area (Å²) in [7, 11) is 0. The molecule has 1 aliphatic heterocycles. The van der Waals surface area contributed by atoms with E-state index in [0.717, 1.165) is 5.56 Å². The fourth-order valence-corrected chi connectivity index (χ4v) is 1.79. The minimum absolute atomic E-state index is 0.388. The normalized spacial score (nSPS) is 16.3. The molecule has 1 heterocycles. The molecule has 0 saturated carbocycles. The summed E-state index contributed by atoms with van der Waals surface area (Å²) in [5.41, 5.74) is 7.31. The maximum atomic E-state index is 11.2. The Morgan fingerprint density at radius 1 is 1.26 bits per heavy atom. The summed E-state index contributed by atoms with van der Waals surface area (Å²) in [6.07, 6.45) is 6.03. The Labute approximate surface area is 110 Å². The minimum Gasteiger partial charge on any atom is -0.366 e. The molecule has 0 radical (unpaired) electrons. The number of primary amides is 1. The number of hydrogen-bond donors (Lipinski definition) is 1. The first-order valence-corrected chi connectivity index (χ1v) is 5.73. The van der Waals surface area contributed by atoms with Crippen molar-refractivity contribution in [2.45, 2.75) is 6.54 Å². The van der Waals surface area contributed by atoms with Crippen LogP contribution in [0, 0.1) is 4.91 Å². The largest absolute Gasteiger partial charge is 0.366 e. The van der Waals surface area contributed by atoms with Crippen LogP contribution in [0.1, 0.15) is 5.56 Å². The Morgan fingerprint density at radius 2 is 2.00 bits per heavy atom. The number of nitrogens with two attached hydrogens (primary N) is 1. The second-order valence-corrected chi connectivity index (χ2v) is 4.05. The van der Waals surface area contributed by atoms with Crippen molar-refractivity contribution in [3.05, 3.63) is 76.6 Å². The number of carbonyl (C=O) groups excluding carboxylic acids is 1. The van der Waals surface area contributed by atoms with Gasteiger partial charge in [0, 0.05) is 12.7 Å². The van der Waals surface area contributed by atoms with Crippen LogP contribution in [0.5, 0.6) is 0 Å². The highest BCUT2D eigenvalue weighted by Gasteiger charge is 2.14. The highest BCUT2D eigenvalue weighted by atomic mass is 16.2. The van der Waals surface area contributed by atoms with Crippen LogP contribution >= 0.6 is 0 Å². The zero-order chi connectivity index (χ0) is 13.7. The molecule has 1 aliphatic rings. The van der Waals surface area contributed by atoms with E-state index in [-0.39, 0.29) is 0 Å². The van der Waals surface area contributed by atoms with Gasteiger partial charge in [-0.1, -0.05) is 30.3 Å². The second-order valence-electron chi connectivity index (χ2n) is 4.05. The molecular weight excluding hydrogens is 242 g/mol. The SMILES string of the molecule is NC(=O)C1=CN(Cc2ccccc2)/C(=C\N=O)C=C1. The van der Waals surface area contributed by atoms with E-state index in [1.807, 2.05) is 30.3 Å². The number of carbonyl (C=O) groups is 1. The summed E-state index contributed by atoms with van der Waals surface area (Å²) in [5.74, 6) is -0.507. The van der Waals surface area contributed by atoms with E-state index in [1.165, 1.54) is 6.20 Å². The molecule has 0 unspecified atom stereocenters. The molecule has 0 atom stereocenters. The smallest absolute Gasteiger partial charge is 0.250 e. The van der Waals surface area contributed by atoms with E-state index in [9.17, 15) is 9.70 Å². The van der Waals surface area contributed by atoms with Crippen LogP contribution in [0.4, 0.5) is 0 Å². The van der Waals surface area contributed by atoms with Gasteiger partial charge < -0.3 is 10.6 Å². The molecule has 1 aromatic rings. The van der Waals surface area contributed by atoms with Gasteiger partial charge in [0.25, 0.3) is 0 Å². The van der Waals surface area contributed by atoms with Crippen LogP contribution in [-0.2, 0) is 11.3 Å². The first-order chi connectivity index (χ1) is 9.20. The molecule has 0 aromatic heterocycles. The summed E-state index contributed by atoms with van der Waals surface area (Å²) in [5, 5.41) is 2.77. The Morgan fingerprint density at radius 3 is 2.63 bits per heavy atom. The number of allylic oxidation sites excluding steroid dienone is 1. The van der Waals surface area contributed by atoms with E-state index in [1.54, 1.807) is 23.3 Å². The van der Waals surface area contributed by atoms with Crippen LogP contribution in [0.2, 0.25) is 0 Å². The topological polar surface area (TPSA) is 75.8 Å². The zero-order valence-corrected chi connectivity index (χ0v) is 10.2. The van der Waals surface area contributed by atoms with Gasteiger partial charge in [-0.15, -0.1) is 4.91 Å². The maximum absolute atomic E-state index is 11.2. The van der Waals surface area contributed by atoms with Crippen LogP contribution in [0.15, 0.2) is 71.3 Å².